The van der Waals surface area contributed by atoms with Gasteiger partial charge in [0.05, 0.1) is 12.2 Å². The minimum absolute atomic E-state index is 0.226. The Morgan fingerprint density at radius 2 is 1.76 bits per heavy atom. The van der Waals surface area contributed by atoms with E-state index < -0.39 is 0 Å². The molecule has 1 N–H and O–H groups in total. The highest BCUT2D eigenvalue weighted by atomic mass is 16.5. The number of hydrogen-bond donors (Lipinski definition) is 1. The van der Waals surface area contributed by atoms with Crippen molar-refractivity contribution in [3.05, 3.63) is 0 Å². The fourth-order valence-corrected chi connectivity index (χ4v) is 4.39. The molecular weight excluding hydrogens is 210 g/mol. The highest BCUT2D eigenvalue weighted by Crippen LogP contribution is 2.43. The average molecular weight is 237 g/mol. The molecule has 0 radical (unpaired) electrons. The molecule has 2 aliphatic carbocycles. The van der Waals surface area contributed by atoms with Crippen LogP contribution in [-0.2, 0) is 4.74 Å². The van der Waals surface area contributed by atoms with Crippen LogP contribution in [0, 0.1) is 11.8 Å². The van der Waals surface area contributed by atoms with E-state index >= 15 is 0 Å². The molecule has 1 unspecified atom stereocenters. The van der Waals surface area contributed by atoms with Crippen molar-refractivity contribution in [2.45, 2.75) is 69.9 Å². The van der Waals surface area contributed by atoms with E-state index in [0.29, 0.717) is 6.04 Å². The molecule has 0 amide bonds. The summed E-state index contributed by atoms with van der Waals surface area (Å²) in [5.74, 6) is 1.83. The summed E-state index contributed by atoms with van der Waals surface area (Å²) in [6, 6.07) is 0.659. The van der Waals surface area contributed by atoms with Crippen molar-refractivity contribution in [1.82, 2.24) is 5.32 Å². The van der Waals surface area contributed by atoms with Crippen LogP contribution in [0.25, 0.3) is 0 Å². The van der Waals surface area contributed by atoms with Gasteiger partial charge < -0.3 is 10.1 Å². The van der Waals surface area contributed by atoms with E-state index in [2.05, 4.69) is 12.2 Å². The summed E-state index contributed by atoms with van der Waals surface area (Å²) in [5, 5.41) is 3.81. The van der Waals surface area contributed by atoms with E-state index in [1.165, 1.54) is 51.4 Å². The smallest absolute Gasteiger partial charge is 0.0838 e. The normalized spacial score (nSPS) is 41.8. The lowest BCUT2D eigenvalue weighted by Gasteiger charge is -2.47. The van der Waals surface area contributed by atoms with Crippen LogP contribution in [0.3, 0.4) is 0 Å². The lowest BCUT2D eigenvalue weighted by Crippen LogP contribution is -2.60. The molecule has 1 saturated heterocycles. The first-order valence-electron chi connectivity index (χ1n) is 7.67. The number of nitrogens with one attached hydrogen (secondary N) is 1. The molecule has 3 aliphatic rings. The van der Waals surface area contributed by atoms with Gasteiger partial charge in [-0.05, 0) is 37.5 Å². The summed E-state index contributed by atoms with van der Waals surface area (Å²) < 4.78 is 6.26. The van der Waals surface area contributed by atoms with Gasteiger partial charge in [-0.2, -0.15) is 0 Å². The third kappa shape index (κ3) is 2.26. The average Bonchev–Trinajstić information content (AvgIpc) is 2.80. The molecule has 0 bridgehead atoms. The number of morpholine rings is 1. The van der Waals surface area contributed by atoms with Crippen molar-refractivity contribution in [3.8, 4) is 0 Å². The Bertz CT molecular complexity index is 252. The minimum Gasteiger partial charge on any atom is -0.372 e. The largest absolute Gasteiger partial charge is 0.372 e. The zero-order chi connectivity index (χ0) is 11.7. The second-order valence-corrected chi connectivity index (χ2v) is 6.57. The number of ether oxygens (including phenoxy) is 1. The Hall–Kier alpha value is -0.0800. The number of rotatable bonds is 1. The first kappa shape index (κ1) is 12.0. The molecule has 0 aromatic carbocycles. The van der Waals surface area contributed by atoms with Gasteiger partial charge in [-0.1, -0.05) is 32.6 Å². The summed E-state index contributed by atoms with van der Waals surface area (Å²) in [6.07, 6.45) is 11.1. The molecule has 0 aromatic heterocycles. The second kappa shape index (κ2) is 4.89. The van der Waals surface area contributed by atoms with Crippen LogP contribution in [0.2, 0.25) is 0 Å². The second-order valence-electron chi connectivity index (χ2n) is 6.57. The molecule has 2 saturated carbocycles. The number of hydrogen-bond acceptors (Lipinski definition) is 2. The molecule has 1 heterocycles. The standard InChI is InChI=1S/C15H27NO/c1-12-4-6-13(7-5-12)14-15(8-2-3-9-15)17-11-10-16-14/h12-14,16H,2-11H2,1H3. The quantitative estimate of drug-likeness (QED) is 0.756. The van der Waals surface area contributed by atoms with E-state index in [9.17, 15) is 0 Å². The van der Waals surface area contributed by atoms with Crippen molar-refractivity contribution >= 4 is 0 Å². The maximum Gasteiger partial charge on any atom is 0.0838 e. The van der Waals surface area contributed by atoms with Crippen molar-refractivity contribution in [3.63, 3.8) is 0 Å². The molecule has 1 spiro atoms. The SMILES string of the molecule is CC1CCC(C2NCCOC23CCCC3)CC1. The van der Waals surface area contributed by atoms with Crippen LogP contribution < -0.4 is 5.32 Å². The van der Waals surface area contributed by atoms with Gasteiger partial charge in [0, 0.05) is 12.6 Å². The summed E-state index contributed by atoms with van der Waals surface area (Å²) in [4.78, 5) is 0. The van der Waals surface area contributed by atoms with Crippen LogP contribution in [-0.4, -0.2) is 24.8 Å². The molecular formula is C15H27NO. The molecule has 3 rings (SSSR count). The van der Waals surface area contributed by atoms with Crippen molar-refractivity contribution < 1.29 is 4.74 Å². The fourth-order valence-electron chi connectivity index (χ4n) is 4.39. The van der Waals surface area contributed by atoms with Gasteiger partial charge in [0.2, 0.25) is 0 Å². The lowest BCUT2D eigenvalue weighted by atomic mass is 9.73. The highest BCUT2D eigenvalue weighted by Gasteiger charge is 2.47. The van der Waals surface area contributed by atoms with Gasteiger partial charge in [-0.15, -0.1) is 0 Å². The van der Waals surface area contributed by atoms with Gasteiger partial charge in [0.1, 0.15) is 0 Å². The molecule has 1 atom stereocenters. The first-order chi connectivity index (χ1) is 8.30. The van der Waals surface area contributed by atoms with E-state index in [-0.39, 0.29) is 5.60 Å². The Morgan fingerprint density at radius 1 is 1.06 bits per heavy atom. The van der Waals surface area contributed by atoms with Gasteiger partial charge in [-0.3, -0.25) is 0 Å². The molecule has 3 fully saturated rings. The summed E-state index contributed by atoms with van der Waals surface area (Å²) in [5.41, 5.74) is 0.226. The summed E-state index contributed by atoms with van der Waals surface area (Å²) >= 11 is 0. The third-order valence-corrected chi connectivity index (χ3v) is 5.40. The maximum atomic E-state index is 6.26. The van der Waals surface area contributed by atoms with Gasteiger partial charge in [0.25, 0.3) is 0 Å². The van der Waals surface area contributed by atoms with Gasteiger partial charge in [0.15, 0.2) is 0 Å². The molecule has 98 valence electrons. The molecule has 0 aromatic rings. The lowest BCUT2D eigenvalue weighted by molar-refractivity contribution is -0.110. The topological polar surface area (TPSA) is 21.3 Å². The zero-order valence-electron chi connectivity index (χ0n) is 11.2. The summed E-state index contributed by atoms with van der Waals surface area (Å²) in [7, 11) is 0. The van der Waals surface area contributed by atoms with Crippen molar-refractivity contribution in [2.24, 2.45) is 11.8 Å². The van der Waals surface area contributed by atoms with E-state index in [1.54, 1.807) is 0 Å². The zero-order valence-corrected chi connectivity index (χ0v) is 11.2. The van der Waals surface area contributed by atoms with Crippen LogP contribution in [0.1, 0.15) is 58.3 Å². The Morgan fingerprint density at radius 3 is 2.47 bits per heavy atom. The first-order valence-corrected chi connectivity index (χ1v) is 7.67. The van der Waals surface area contributed by atoms with Gasteiger partial charge in [-0.25, -0.2) is 0 Å². The molecule has 2 heteroatoms. The van der Waals surface area contributed by atoms with Gasteiger partial charge >= 0.3 is 0 Å². The van der Waals surface area contributed by atoms with Crippen LogP contribution in [0.15, 0.2) is 0 Å². The maximum absolute atomic E-state index is 6.26. The minimum atomic E-state index is 0.226. The molecule has 2 nitrogen and oxygen atoms in total. The van der Waals surface area contributed by atoms with Crippen molar-refractivity contribution in [2.75, 3.05) is 13.2 Å². The Labute approximate surface area is 105 Å². The predicted octanol–water partition coefficient (Wildman–Crippen LogP) is 3.11. The van der Waals surface area contributed by atoms with Crippen molar-refractivity contribution in [1.29, 1.82) is 0 Å². The van der Waals surface area contributed by atoms with E-state index in [0.717, 1.165) is 25.0 Å². The third-order valence-electron chi connectivity index (χ3n) is 5.40. The highest BCUT2D eigenvalue weighted by molar-refractivity contribution is 5.02. The summed E-state index contributed by atoms with van der Waals surface area (Å²) in [6.45, 7) is 4.41. The van der Waals surface area contributed by atoms with Crippen LogP contribution in [0.4, 0.5) is 0 Å². The Balaban J connectivity index is 1.70. The predicted molar refractivity (Wildman–Crippen MR) is 70.1 cm³/mol. The Kier molecular flexibility index (Phi) is 3.45. The van der Waals surface area contributed by atoms with Crippen LogP contribution in [0.5, 0.6) is 0 Å². The monoisotopic (exact) mass is 237 g/mol. The van der Waals surface area contributed by atoms with E-state index in [4.69, 9.17) is 4.74 Å². The van der Waals surface area contributed by atoms with Crippen LogP contribution >= 0.6 is 0 Å². The molecule has 17 heavy (non-hydrogen) atoms. The fraction of sp³-hybridized carbons (Fsp3) is 1.00. The molecule has 1 aliphatic heterocycles. The van der Waals surface area contributed by atoms with E-state index in [1.807, 2.05) is 0 Å².